The highest BCUT2D eigenvalue weighted by Gasteiger charge is 2.30. The minimum absolute atomic E-state index is 0.242. The van der Waals surface area contributed by atoms with Crippen LogP contribution in [0, 0.1) is 6.92 Å². The molecule has 0 saturated heterocycles. The molecule has 0 aliphatic carbocycles. The number of ether oxygens (including phenoxy) is 2. The topological polar surface area (TPSA) is 119 Å². The normalized spacial score (nSPS) is 12.3. The van der Waals surface area contributed by atoms with Crippen molar-refractivity contribution in [3.05, 3.63) is 75.5 Å². The summed E-state index contributed by atoms with van der Waals surface area (Å²) >= 11 is 7.45. The summed E-state index contributed by atoms with van der Waals surface area (Å²) in [5.74, 6) is 0.273. The van der Waals surface area contributed by atoms with Crippen LogP contribution in [0.2, 0.25) is 5.15 Å². The van der Waals surface area contributed by atoms with E-state index in [-0.39, 0.29) is 22.7 Å². The number of pyridine rings is 3. The summed E-state index contributed by atoms with van der Waals surface area (Å²) in [6.45, 7) is 2.51. The van der Waals surface area contributed by atoms with E-state index in [9.17, 15) is 9.59 Å². The lowest BCUT2D eigenvalue weighted by Crippen LogP contribution is -2.27. The maximum absolute atomic E-state index is 13.3. The summed E-state index contributed by atoms with van der Waals surface area (Å²) in [6.07, 6.45) is 4.57. The molecule has 0 atom stereocenters. The van der Waals surface area contributed by atoms with Crippen molar-refractivity contribution in [2.75, 3.05) is 19.5 Å². The maximum Gasteiger partial charge on any atom is 0.276 e. The number of nitrogens with one attached hydrogen (secondary N) is 1. The molecule has 0 unspecified atom stereocenters. The molecule has 37 heavy (non-hydrogen) atoms. The van der Waals surface area contributed by atoms with E-state index in [2.05, 4.69) is 25.3 Å². The molecule has 0 spiro atoms. The molecule has 1 aliphatic rings. The zero-order valence-corrected chi connectivity index (χ0v) is 21.7. The molecular formula is C25H21ClN6O4S. The lowest BCUT2D eigenvalue weighted by Gasteiger charge is -2.16. The number of methoxy groups -OCH3 is 2. The van der Waals surface area contributed by atoms with Crippen LogP contribution in [0.1, 0.15) is 37.1 Å². The van der Waals surface area contributed by atoms with E-state index >= 15 is 0 Å². The van der Waals surface area contributed by atoms with Gasteiger partial charge in [-0.3, -0.25) is 19.9 Å². The molecule has 0 radical (unpaired) electrons. The quantitative estimate of drug-likeness (QED) is 0.360. The molecule has 2 amide bonds. The Morgan fingerprint density at radius 1 is 1.05 bits per heavy atom. The Morgan fingerprint density at radius 2 is 1.86 bits per heavy atom. The number of anilines is 1. The van der Waals surface area contributed by atoms with E-state index in [0.717, 1.165) is 16.3 Å². The number of hydrogen-bond acceptors (Lipinski definition) is 9. The van der Waals surface area contributed by atoms with Gasteiger partial charge >= 0.3 is 0 Å². The van der Waals surface area contributed by atoms with Crippen molar-refractivity contribution in [2.24, 2.45) is 0 Å². The van der Waals surface area contributed by atoms with E-state index in [1.165, 1.54) is 38.0 Å². The fraction of sp³-hybridized carbons (Fsp3) is 0.200. The van der Waals surface area contributed by atoms with Crippen molar-refractivity contribution >= 4 is 39.9 Å². The zero-order chi connectivity index (χ0) is 26.1. The number of hydrogen-bond donors (Lipinski definition) is 1. The van der Waals surface area contributed by atoms with Crippen molar-refractivity contribution < 1.29 is 19.1 Å². The third kappa shape index (κ3) is 4.83. The second kappa shape index (κ2) is 10.1. The average molecular weight is 537 g/mol. The first kappa shape index (κ1) is 24.6. The van der Waals surface area contributed by atoms with Crippen molar-refractivity contribution in [3.8, 4) is 22.6 Å². The minimum atomic E-state index is -0.379. The van der Waals surface area contributed by atoms with Gasteiger partial charge in [-0.15, -0.1) is 0 Å². The SMILES string of the molecule is COc1cnc(Cl)cc1-c1cc(C)ncc1C(=O)Nc1nc2c(s1)CN(C(=O)c1ncccc1OC)C2. The zero-order valence-electron chi connectivity index (χ0n) is 20.1. The minimum Gasteiger partial charge on any atom is -0.494 e. The Hall–Kier alpha value is -4.09. The summed E-state index contributed by atoms with van der Waals surface area (Å²) in [4.78, 5) is 45.9. The molecule has 5 rings (SSSR count). The van der Waals surface area contributed by atoms with Crippen LogP contribution in [0.5, 0.6) is 11.5 Å². The third-order valence-electron chi connectivity index (χ3n) is 5.78. The Labute approximate surface area is 221 Å². The van der Waals surface area contributed by atoms with Gasteiger partial charge in [0.25, 0.3) is 11.8 Å². The molecule has 188 valence electrons. The van der Waals surface area contributed by atoms with Crippen molar-refractivity contribution in [1.29, 1.82) is 0 Å². The number of aromatic nitrogens is 4. The summed E-state index contributed by atoms with van der Waals surface area (Å²) in [5.41, 5.74) is 3.27. The molecule has 0 aromatic carbocycles. The average Bonchev–Trinajstić information content (AvgIpc) is 3.47. The van der Waals surface area contributed by atoms with E-state index in [0.29, 0.717) is 46.4 Å². The molecule has 0 bridgehead atoms. The van der Waals surface area contributed by atoms with Crippen LogP contribution in [-0.4, -0.2) is 50.9 Å². The van der Waals surface area contributed by atoms with Crippen LogP contribution >= 0.6 is 22.9 Å². The van der Waals surface area contributed by atoms with E-state index in [4.69, 9.17) is 21.1 Å². The number of amides is 2. The molecule has 10 nitrogen and oxygen atoms in total. The lowest BCUT2D eigenvalue weighted by atomic mass is 10.0. The molecule has 0 fully saturated rings. The van der Waals surface area contributed by atoms with Gasteiger partial charge in [0.2, 0.25) is 0 Å². The molecule has 12 heteroatoms. The first-order chi connectivity index (χ1) is 17.9. The fourth-order valence-electron chi connectivity index (χ4n) is 4.02. The van der Waals surface area contributed by atoms with Gasteiger partial charge in [0, 0.05) is 29.2 Å². The van der Waals surface area contributed by atoms with Crippen LogP contribution in [-0.2, 0) is 13.1 Å². The molecule has 1 aliphatic heterocycles. The number of carbonyl (C=O) groups is 2. The third-order valence-corrected chi connectivity index (χ3v) is 6.99. The van der Waals surface area contributed by atoms with E-state index < -0.39 is 0 Å². The van der Waals surface area contributed by atoms with Gasteiger partial charge in [0.15, 0.2) is 10.8 Å². The Kier molecular flexibility index (Phi) is 6.72. The first-order valence-corrected chi connectivity index (χ1v) is 12.3. The van der Waals surface area contributed by atoms with Gasteiger partial charge in [-0.1, -0.05) is 22.9 Å². The van der Waals surface area contributed by atoms with E-state index in [1.54, 1.807) is 35.4 Å². The first-order valence-electron chi connectivity index (χ1n) is 11.1. The second-order valence-electron chi connectivity index (χ2n) is 8.14. The highest BCUT2D eigenvalue weighted by molar-refractivity contribution is 7.16. The second-order valence-corrected chi connectivity index (χ2v) is 9.61. The van der Waals surface area contributed by atoms with Gasteiger partial charge in [0.05, 0.1) is 49.6 Å². The van der Waals surface area contributed by atoms with Crippen LogP contribution < -0.4 is 14.8 Å². The van der Waals surface area contributed by atoms with Crippen molar-refractivity contribution in [1.82, 2.24) is 24.8 Å². The number of thiazole rings is 1. The smallest absolute Gasteiger partial charge is 0.276 e. The Morgan fingerprint density at radius 3 is 2.62 bits per heavy atom. The van der Waals surface area contributed by atoms with Crippen molar-refractivity contribution in [2.45, 2.75) is 20.0 Å². The molecular weight excluding hydrogens is 516 g/mol. The summed E-state index contributed by atoms with van der Waals surface area (Å²) in [6, 6.07) is 6.84. The maximum atomic E-state index is 13.3. The van der Waals surface area contributed by atoms with Crippen LogP contribution in [0.25, 0.3) is 11.1 Å². The summed E-state index contributed by atoms with van der Waals surface area (Å²) < 4.78 is 10.7. The van der Waals surface area contributed by atoms with Crippen LogP contribution in [0.4, 0.5) is 5.13 Å². The Balaban J connectivity index is 1.36. The predicted octanol–water partition coefficient (Wildman–Crippen LogP) is 4.38. The fourth-order valence-corrected chi connectivity index (χ4v) is 5.16. The molecule has 5 heterocycles. The predicted molar refractivity (Wildman–Crippen MR) is 138 cm³/mol. The number of halogens is 1. The van der Waals surface area contributed by atoms with Gasteiger partial charge < -0.3 is 14.4 Å². The van der Waals surface area contributed by atoms with Crippen LogP contribution in [0.3, 0.4) is 0 Å². The number of nitrogens with zero attached hydrogens (tertiary/aromatic N) is 5. The number of aryl methyl sites for hydroxylation is 1. The van der Waals surface area contributed by atoms with Gasteiger partial charge in [-0.25, -0.2) is 15.0 Å². The highest BCUT2D eigenvalue weighted by Crippen LogP contribution is 2.36. The molecule has 1 N–H and O–H groups in total. The van der Waals surface area contributed by atoms with Gasteiger partial charge in [-0.05, 0) is 31.2 Å². The Bertz CT molecular complexity index is 1500. The van der Waals surface area contributed by atoms with Crippen molar-refractivity contribution in [3.63, 3.8) is 0 Å². The number of fused-ring (bicyclic) bond motifs is 1. The molecule has 4 aromatic heterocycles. The molecule has 4 aromatic rings. The monoisotopic (exact) mass is 536 g/mol. The van der Waals surface area contributed by atoms with Crippen LogP contribution in [0.15, 0.2) is 42.9 Å². The summed E-state index contributed by atoms with van der Waals surface area (Å²) in [5, 5.41) is 3.57. The van der Waals surface area contributed by atoms with Gasteiger partial charge in [-0.2, -0.15) is 0 Å². The number of rotatable bonds is 6. The van der Waals surface area contributed by atoms with Gasteiger partial charge in [0.1, 0.15) is 16.7 Å². The largest absolute Gasteiger partial charge is 0.494 e. The lowest BCUT2D eigenvalue weighted by molar-refractivity contribution is 0.0741. The standard InChI is InChI=1S/C25H21ClN6O4S/c1-13-7-14(15-8-21(26)29-10-19(15)36-3)16(9-28-13)23(33)31-25-30-17-11-32(12-20(17)37-25)24(34)22-18(35-2)5-4-6-27-22/h4-10H,11-12H2,1-3H3,(H,30,31,33). The highest BCUT2D eigenvalue weighted by atomic mass is 35.5. The number of carbonyl (C=O) groups excluding carboxylic acids is 2. The van der Waals surface area contributed by atoms with E-state index in [1.807, 2.05) is 6.92 Å². The summed E-state index contributed by atoms with van der Waals surface area (Å²) in [7, 11) is 3.02. The molecule has 0 saturated carbocycles.